The van der Waals surface area contributed by atoms with Gasteiger partial charge in [-0.2, -0.15) is 0 Å². The SMILES string of the molecule is COCCN1C(=O)NC(Cc2ccccc2Cl)(C2CCN(C(=O)c3cc(C)ccc3C)CC2)C1=O. The van der Waals surface area contributed by atoms with E-state index in [1.165, 1.54) is 12.0 Å². The molecule has 1 unspecified atom stereocenters. The van der Waals surface area contributed by atoms with Gasteiger partial charge in [0.15, 0.2) is 0 Å². The van der Waals surface area contributed by atoms with E-state index in [9.17, 15) is 14.4 Å². The summed E-state index contributed by atoms with van der Waals surface area (Å²) in [5.74, 6) is -0.377. The van der Waals surface area contributed by atoms with Gasteiger partial charge in [0.1, 0.15) is 5.54 Å². The molecule has 0 aromatic heterocycles. The van der Waals surface area contributed by atoms with Gasteiger partial charge in [-0.1, -0.05) is 47.5 Å². The highest BCUT2D eigenvalue weighted by Gasteiger charge is 2.56. The monoisotopic (exact) mass is 497 g/mol. The van der Waals surface area contributed by atoms with Crippen molar-refractivity contribution in [3.05, 3.63) is 69.7 Å². The number of urea groups is 1. The number of nitrogens with zero attached hydrogens (tertiary/aromatic N) is 2. The van der Waals surface area contributed by atoms with Crippen LogP contribution in [0, 0.1) is 19.8 Å². The molecule has 0 aliphatic carbocycles. The Kier molecular flexibility index (Phi) is 7.47. The summed E-state index contributed by atoms with van der Waals surface area (Å²) in [7, 11) is 1.54. The van der Waals surface area contributed by atoms with Gasteiger partial charge in [0.2, 0.25) is 0 Å². The van der Waals surface area contributed by atoms with Gasteiger partial charge < -0.3 is 15.0 Å². The van der Waals surface area contributed by atoms with Crippen molar-refractivity contribution in [2.24, 2.45) is 5.92 Å². The van der Waals surface area contributed by atoms with Crippen LogP contribution in [0.3, 0.4) is 0 Å². The fraction of sp³-hybridized carbons (Fsp3) is 0.444. The van der Waals surface area contributed by atoms with Gasteiger partial charge in [0.05, 0.1) is 13.2 Å². The molecule has 0 radical (unpaired) electrons. The Hall–Kier alpha value is -2.90. The number of benzene rings is 2. The van der Waals surface area contributed by atoms with Gasteiger partial charge in [-0.15, -0.1) is 0 Å². The van der Waals surface area contributed by atoms with Crippen LogP contribution in [0.5, 0.6) is 0 Å². The number of piperidine rings is 1. The number of imide groups is 1. The number of halogens is 1. The van der Waals surface area contributed by atoms with Gasteiger partial charge in [-0.3, -0.25) is 14.5 Å². The first-order chi connectivity index (χ1) is 16.8. The number of hydrogen-bond acceptors (Lipinski definition) is 4. The zero-order chi connectivity index (χ0) is 25.2. The smallest absolute Gasteiger partial charge is 0.325 e. The molecule has 2 saturated heterocycles. The summed E-state index contributed by atoms with van der Waals surface area (Å²) in [5, 5.41) is 3.60. The molecule has 2 fully saturated rings. The number of hydrogen-bond donors (Lipinski definition) is 1. The van der Waals surface area contributed by atoms with Gasteiger partial charge in [-0.05, 0) is 55.9 Å². The molecule has 2 aliphatic heterocycles. The molecule has 4 amide bonds. The van der Waals surface area contributed by atoms with E-state index in [0.717, 1.165) is 16.7 Å². The minimum atomic E-state index is -1.11. The molecular formula is C27H32ClN3O4. The van der Waals surface area contributed by atoms with Gasteiger partial charge in [0.25, 0.3) is 11.8 Å². The number of nitrogens with one attached hydrogen (secondary N) is 1. The van der Waals surface area contributed by atoms with E-state index >= 15 is 0 Å². The van der Waals surface area contributed by atoms with E-state index in [4.69, 9.17) is 16.3 Å². The molecule has 2 aliphatic rings. The summed E-state index contributed by atoms with van der Waals surface area (Å²) >= 11 is 6.46. The van der Waals surface area contributed by atoms with Crippen LogP contribution in [0.25, 0.3) is 0 Å². The zero-order valence-electron chi connectivity index (χ0n) is 20.5. The fourth-order valence-corrected chi connectivity index (χ4v) is 5.43. The van der Waals surface area contributed by atoms with Crippen LogP contribution < -0.4 is 5.32 Å². The summed E-state index contributed by atoms with van der Waals surface area (Å²) < 4.78 is 5.11. The summed E-state index contributed by atoms with van der Waals surface area (Å²) in [6.45, 7) is 5.41. The van der Waals surface area contributed by atoms with Crippen molar-refractivity contribution in [1.29, 1.82) is 0 Å². The molecule has 35 heavy (non-hydrogen) atoms. The molecule has 2 aromatic carbocycles. The Bertz CT molecular complexity index is 1130. The van der Waals surface area contributed by atoms with Crippen molar-refractivity contribution in [3.8, 4) is 0 Å². The lowest BCUT2D eigenvalue weighted by atomic mass is 9.73. The lowest BCUT2D eigenvalue weighted by molar-refractivity contribution is -0.134. The second-order valence-electron chi connectivity index (χ2n) is 9.50. The third kappa shape index (κ3) is 4.93. The third-order valence-corrected chi connectivity index (χ3v) is 7.62. The highest BCUT2D eigenvalue weighted by molar-refractivity contribution is 6.31. The summed E-state index contributed by atoms with van der Waals surface area (Å²) in [5.41, 5.74) is 2.41. The summed E-state index contributed by atoms with van der Waals surface area (Å²) in [4.78, 5) is 43.0. The third-order valence-electron chi connectivity index (χ3n) is 7.25. The van der Waals surface area contributed by atoms with E-state index in [1.807, 2.05) is 55.1 Å². The highest BCUT2D eigenvalue weighted by Crippen LogP contribution is 2.38. The zero-order valence-corrected chi connectivity index (χ0v) is 21.2. The predicted molar refractivity (Wildman–Crippen MR) is 135 cm³/mol. The van der Waals surface area contributed by atoms with Crippen molar-refractivity contribution in [2.75, 3.05) is 33.4 Å². The second-order valence-corrected chi connectivity index (χ2v) is 9.91. The van der Waals surface area contributed by atoms with Crippen molar-refractivity contribution in [3.63, 3.8) is 0 Å². The Morgan fingerprint density at radius 1 is 1.14 bits per heavy atom. The normalized spacial score (nSPS) is 20.9. The molecular weight excluding hydrogens is 466 g/mol. The van der Waals surface area contributed by atoms with Gasteiger partial charge >= 0.3 is 6.03 Å². The maximum Gasteiger partial charge on any atom is 0.325 e. The topological polar surface area (TPSA) is 79.0 Å². The fourth-order valence-electron chi connectivity index (χ4n) is 5.23. The van der Waals surface area contributed by atoms with Gasteiger partial charge in [-0.25, -0.2) is 4.79 Å². The Labute approximate surface area is 211 Å². The summed E-state index contributed by atoms with van der Waals surface area (Å²) in [6, 6.07) is 12.9. The van der Waals surface area contributed by atoms with Gasteiger partial charge in [0, 0.05) is 37.2 Å². The second kappa shape index (κ2) is 10.4. The molecule has 2 aromatic rings. The number of likely N-dealkylation sites (tertiary alicyclic amines) is 1. The van der Waals surface area contributed by atoms with E-state index in [-0.39, 0.29) is 30.9 Å². The molecule has 186 valence electrons. The average molecular weight is 498 g/mol. The van der Waals surface area contributed by atoms with Crippen LogP contribution in [0.4, 0.5) is 4.79 Å². The number of methoxy groups -OCH3 is 1. The minimum absolute atomic E-state index is 0.00769. The first-order valence-corrected chi connectivity index (χ1v) is 12.4. The van der Waals surface area contributed by atoms with Crippen LogP contribution in [0.2, 0.25) is 5.02 Å². The van der Waals surface area contributed by atoms with E-state index in [0.29, 0.717) is 42.9 Å². The van der Waals surface area contributed by atoms with Crippen molar-refractivity contribution < 1.29 is 19.1 Å². The summed E-state index contributed by atoms with van der Waals surface area (Å²) in [6.07, 6.45) is 1.51. The lowest BCUT2D eigenvalue weighted by Crippen LogP contribution is -2.58. The molecule has 0 spiro atoms. The quantitative estimate of drug-likeness (QED) is 0.587. The van der Waals surface area contributed by atoms with E-state index in [2.05, 4.69) is 5.32 Å². The number of aryl methyl sites for hydroxylation is 2. The maximum atomic E-state index is 13.7. The van der Waals surface area contributed by atoms with Crippen molar-refractivity contribution in [2.45, 2.75) is 38.6 Å². The van der Waals surface area contributed by atoms with Crippen LogP contribution >= 0.6 is 11.6 Å². The first-order valence-electron chi connectivity index (χ1n) is 12.0. The predicted octanol–water partition coefficient (Wildman–Crippen LogP) is 3.99. The van der Waals surface area contributed by atoms with E-state index in [1.54, 1.807) is 6.07 Å². The number of carbonyl (C=O) groups is 3. The van der Waals surface area contributed by atoms with Crippen molar-refractivity contribution >= 4 is 29.4 Å². The molecule has 1 N–H and O–H groups in total. The van der Waals surface area contributed by atoms with E-state index < -0.39 is 11.6 Å². The minimum Gasteiger partial charge on any atom is -0.383 e. The Morgan fingerprint density at radius 2 is 1.86 bits per heavy atom. The highest BCUT2D eigenvalue weighted by atomic mass is 35.5. The lowest BCUT2D eigenvalue weighted by Gasteiger charge is -2.41. The Morgan fingerprint density at radius 3 is 2.54 bits per heavy atom. The average Bonchev–Trinajstić information content (AvgIpc) is 3.09. The number of carbonyl (C=O) groups excluding carboxylic acids is 3. The van der Waals surface area contributed by atoms with Crippen LogP contribution in [0.15, 0.2) is 42.5 Å². The largest absolute Gasteiger partial charge is 0.383 e. The molecule has 7 nitrogen and oxygen atoms in total. The van der Waals surface area contributed by atoms with Crippen molar-refractivity contribution in [1.82, 2.24) is 15.1 Å². The molecule has 8 heteroatoms. The molecule has 0 saturated carbocycles. The van der Waals surface area contributed by atoms with Crippen LogP contribution in [-0.4, -0.2) is 66.5 Å². The first kappa shape index (κ1) is 25.2. The number of amides is 4. The molecule has 4 rings (SSSR count). The standard InChI is InChI=1S/C27H32ClN3O4/c1-18-8-9-19(2)22(16-18)24(32)30-12-10-21(11-13-30)27(17-20-6-4-5-7-23(20)28)25(33)31(14-15-35-3)26(34)29-27/h4-9,16,21H,10-15,17H2,1-3H3,(H,29,34). The number of rotatable bonds is 7. The van der Waals surface area contributed by atoms with Crippen LogP contribution in [-0.2, 0) is 16.0 Å². The van der Waals surface area contributed by atoms with Crippen LogP contribution in [0.1, 0.15) is 39.9 Å². The molecule has 0 bridgehead atoms. The Balaban J connectivity index is 1.58. The molecule has 1 atom stereocenters. The molecule has 2 heterocycles. The maximum absolute atomic E-state index is 13.7. The number of ether oxygens (including phenoxy) is 1.